The summed E-state index contributed by atoms with van der Waals surface area (Å²) in [7, 11) is 1.69. The lowest BCUT2D eigenvalue weighted by Gasteiger charge is -2.29. The van der Waals surface area contributed by atoms with Crippen molar-refractivity contribution in [2.75, 3.05) is 37.8 Å². The summed E-state index contributed by atoms with van der Waals surface area (Å²) in [5, 5.41) is 3.51. The van der Waals surface area contributed by atoms with Crippen molar-refractivity contribution in [3.05, 3.63) is 51.0 Å². The molecule has 4 heterocycles. The number of carbonyl (C=O) groups excluding carboxylic acids is 1. The lowest BCUT2D eigenvalue weighted by Crippen LogP contribution is -2.32. The van der Waals surface area contributed by atoms with Crippen LogP contribution in [0, 0.1) is 5.92 Å². The van der Waals surface area contributed by atoms with Gasteiger partial charge in [0.1, 0.15) is 10.4 Å². The quantitative estimate of drug-likeness (QED) is 0.369. The van der Waals surface area contributed by atoms with Crippen LogP contribution in [-0.2, 0) is 19.1 Å². The number of hydrogen-bond acceptors (Lipinski definition) is 7. The van der Waals surface area contributed by atoms with Gasteiger partial charge in [-0.3, -0.25) is 9.69 Å². The molecule has 2 aromatic heterocycles. The number of amides is 1. The van der Waals surface area contributed by atoms with Crippen molar-refractivity contribution in [2.24, 2.45) is 5.92 Å². The molecular weight excluding hydrogens is 555 g/mol. The Morgan fingerprint density at radius 1 is 1.18 bits per heavy atom. The summed E-state index contributed by atoms with van der Waals surface area (Å²) >= 11 is 9.08. The van der Waals surface area contributed by atoms with Crippen molar-refractivity contribution >= 4 is 52.2 Å². The first kappa shape index (κ1) is 25.9. The average molecular weight is 580 g/mol. The van der Waals surface area contributed by atoms with E-state index in [1.165, 1.54) is 30.2 Å². The Kier molecular flexibility index (Phi) is 6.82. The Labute approximate surface area is 231 Å². The number of alkyl halides is 3. The summed E-state index contributed by atoms with van der Waals surface area (Å²) in [4.78, 5) is 26.4. The van der Waals surface area contributed by atoms with E-state index in [9.17, 15) is 18.0 Å². The largest absolute Gasteiger partial charge is 0.420 e. The van der Waals surface area contributed by atoms with E-state index in [0.717, 1.165) is 55.1 Å². The van der Waals surface area contributed by atoms with Crippen LogP contribution < -0.4 is 5.32 Å². The highest BCUT2D eigenvalue weighted by Gasteiger charge is 2.37. The van der Waals surface area contributed by atoms with Gasteiger partial charge in [-0.15, -0.1) is 23.1 Å². The van der Waals surface area contributed by atoms with E-state index in [-0.39, 0.29) is 22.4 Å². The third-order valence-electron chi connectivity index (χ3n) is 7.09. The van der Waals surface area contributed by atoms with E-state index in [2.05, 4.69) is 20.2 Å². The van der Waals surface area contributed by atoms with E-state index in [1.54, 1.807) is 18.0 Å². The van der Waals surface area contributed by atoms with Crippen LogP contribution in [0.3, 0.4) is 0 Å². The molecule has 1 saturated carbocycles. The SMILES string of the molecule is CN1CCSc2cc(-c3nc(Nc4cc5c(cc4Cl)CN(CC4CC4)CC5)ncc3C(F)(F)F)sc2C1=O. The van der Waals surface area contributed by atoms with Gasteiger partial charge in [0.15, 0.2) is 0 Å². The molecule has 0 bridgehead atoms. The van der Waals surface area contributed by atoms with Crippen LogP contribution in [0.2, 0.25) is 5.02 Å². The monoisotopic (exact) mass is 579 g/mol. The lowest BCUT2D eigenvalue weighted by atomic mass is 9.98. The number of hydrogen-bond donors (Lipinski definition) is 1. The van der Waals surface area contributed by atoms with Gasteiger partial charge in [-0.2, -0.15) is 13.2 Å². The van der Waals surface area contributed by atoms with Gasteiger partial charge < -0.3 is 10.2 Å². The summed E-state index contributed by atoms with van der Waals surface area (Å²) in [5.74, 6) is 1.30. The molecule has 1 N–H and O–H groups in total. The predicted molar refractivity (Wildman–Crippen MR) is 144 cm³/mol. The molecule has 2 aliphatic heterocycles. The van der Waals surface area contributed by atoms with Crippen LogP contribution >= 0.6 is 34.7 Å². The van der Waals surface area contributed by atoms with Crippen molar-refractivity contribution in [3.63, 3.8) is 0 Å². The van der Waals surface area contributed by atoms with E-state index < -0.39 is 11.7 Å². The number of nitrogens with zero attached hydrogens (tertiary/aromatic N) is 4. The van der Waals surface area contributed by atoms with Crippen LogP contribution in [0.25, 0.3) is 10.6 Å². The van der Waals surface area contributed by atoms with Crippen molar-refractivity contribution in [1.82, 2.24) is 19.8 Å². The standard InChI is InChI=1S/C26H25ClF3N5OS2/c1-34-6-7-37-21-10-20(38-23(21)24(34)36)22-17(26(28,29)30)11-31-25(33-22)32-19-9-15-4-5-35(12-14-2-3-14)13-16(15)8-18(19)27/h8-11,14H,2-7,12-13H2,1H3,(H,31,32,33). The Morgan fingerprint density at radius 2 is 2.00 bits per heavy atom. The number of anilines is 2. The Bertz CT molecular complexity index is 1410. The number of fused-ring (bicyclic) bond motifs is 2. The Balaban J connectivity index is 1.31. The molecule has 3 aliphatic rings. The summed E-state index contributed by atoms with van der Waals surface area (Å²) < 4.78 is 41.8. The second-order valence-electron chi connectivity index (χ2n) is 9.99. The minimum absolute atomic E-state index is 0.0145. The maximum atomic E-state index is 13.9. The lowest BCUT2D eigenvalue weighted by molar-refractivity contribution is -0.137. The fourth-order valence-corrected chi connectivity index (χ4v) is 7.49. The van der Waals surface area contributed by atoms with Gasteiger partial charge in [0.05, 0.1) is 21.3 Å². The molecule has 0 spiro atoms. The molecular formula is C26H25ClF3N5OS2. The molecule has 38 heavy (non-hydrogen) atoms. The first-order valence-electron chi connectivity index (χ1n) is 12.4. The first-order valence-corrected chi connectivity index (χ1v) is 14.6. The summed E-state index contributed by atoms with van der Waals surface area (Å²) in [6, 6.07) is 5.51. The molecule has 12 heteroatoms. The third-order valence-corrected chi connectivity index (χ3v) is 9.68. The van der Waals surface area contributed by atoms with Gasteiger partial charge in [0.2, 0.25) is 5.95 Å². The molecule has 1 aromatic carbocycles. The highest BCUT2D eigenvalue weighted by Crippen LogP contribution is 2.43. The predicted octanol–water partition coefficient (Wildman–Crippen LogP) is 6.57. The summed E-state index contributed by atoms with van der Waals surface area (Å²) in [6.45, 7) is 3.52. The number of nitrogens with one attached hydrogen (secondary N) is 1. The number of rotatable bonds is 5. The second-order valence-corrected chi connectivity index (χ2v) is 12.6. The molecule has 1 amide bonds. The molecule has 0 atom stereocenters. The van der Waals surface area contributed by atoms with Crippen molar-refractivity contribution in [1.29, 1.82) is 0 Å². The number of thiophene rings is 1. The molecule has 200 valence electrons. The topological polar surface area (TPSA) is 61.4 Å². The van der Waals surface area contributed by atoms with Gasteiger partial charge in [-0.25, -0.2) is 9.97 Å². The fraction of sp³-hybridized carbons (Fsp3) is 0.423. The number of carbonyl (C=O) groups is 1. The van der Waals surface area contributed by atoms with Crippen molar-refractivity contribution < 1.29 is 18.0 Å². The zero-order chi connectivity index (χ0) is 26.6. The average Bonchev–Trinajstić information content (AvgIpc) is 3.61. The molecule has 0 saturated heterocycles. The first-order chi connectivity index (χ1) is 18.2. The minimum Gasteiger partial charge on any atom is -0.340 e. The van der Waals surface area contributed by atoms with Crippen LogP contribution in [0.15, 0.2) is 29.3 Å². The molecule has 6 rings (SSSR count). The van der Waals surface area contributed by atoms with Gasteiger partial charge in [-0.1, -0.05) is 11.6 Å². The van der Waals surface area contributed by atoms with Crippen LogP contribution in [0.5, 0.6) is 0 Å². The smallest absolute Gasteiger partial charge is 0.340 e. The highest BCUT2D eigenvalue weighted by molar-refractivity contribution is 7.99. The van der Waals surface area contributed by atoms with Gasteiger partial charge in [0.25, 0.3) is 5.91 Å². The molecule has 3 aromatic rings. The number of thioether (sulfide) groups is 1. The van der Waals surface area contributed by atoms with Crippen LogP contribution in [0.4, 0.5) is 24.8 Å². The van der Waals surface area contributed by atoms with Crippen molar-refractivity contribution in [3.8, 4) is 10.6 Å². The minimum atomic E-state index is -4.65. The van der Waals surface area contributed by atoms with Gasteiger partial charge in [-0.05, 0) is 54.5 Å². The summed E-state index contributed by atoms with van der Waals surface area (Å²) in [5.41, 5.74) is 1.69. The Hall–Kier alpha value is -2.34. The van der Waals surface area contributed by atoms with E-state index in [1.807, 2.05) is 12.1 Å². The number of benzene rings is 1. The molecule has 0 radical (unpaired) electrons. The van der Waals surface area contributed by atoms with E-state index >= 15 is 0 Å². The van der Waals surface area contributed by atoms with Crippen LogP contribution in [0.1, 0.15) is 39.2 Å². The number of halogens is 4. The normalized spacial score (nSPS) is 18.2. The molecule has 6 nitrogen and oxygen atoms in total. The Morgan fingerprint density at radius 3 is 2.76 bits per heavy atom. The zero-order valence-electron chi connectivity index (χ0n) is 20.6. The molecule has 1 fully saturated rings. The number of aromatic nitrogens is 2. The molecule has 1 aliphatic carbocycles. The van der Waals surface area contributed by atoms with E-state index in [4.69, 9.17) is 11.6 Å². The van der Waals surface area contributed by atoms with Crippen LogP contribution in [-0.4, -0.2) is 58.1 Å². The van der Waals surface area contributed by atoms with Crippen molar-refractivity contribution in [2.45, 2.75) is 36.9 Å². The van der Waals surface area contributed by atoms with E-state index in [0.29, 0.717) is 32.8 Å². The van der Waals surface area contributed by atoms with Gasteiger partial charge >= 0.3 is 6.18 Å². The second kappa shape index (κ2) is 10.0. The maximum Gasteiger partial charge on any atom is 0.420 e. The third kappa shape index (κ3) is 5.25. The zero-order valence-corrected chi connectivity index (χ0v) is 23.0. The molecule has 0 unspecified atom stereocenters. The highest BCUT2D eigenvalue weighted by atomic mass is 35.5. The maximum absolute atomic E-state index is 13.9. The van der Waals surface area contributed by atoms with Gasteiger partial charge in [0, 0.05) is 50.1 Å². The fourth-order valence-electron chi connectivity index (χ4n) is 4.83. The summed E-state index contributed by atoms with van der Waals surface area (Å²) in [6.07, 6.45) is -0.365.